The maximum Gasteiger partial charge on any atom is 0.208 e. The summed E-state index contributed by atoms with van der Waals surface area (Å²) in [6.45, 7) is 3.87. The molecule has 0 aliphatic heterocycles. The number of nitrogens with zero attached hydrogens (tertiary/aromatic N) is 1. The van der Waals surface area contributed by atoms with Crippen LogP contribution in [0.25, 0.3) is 10.1 Å². The van der Waals surface area contributed by atoms with Crippen LogP contribution in [0.4, 0.5) is 0 Å². The van der Waals surface area contributed by atoms with Crippen LogP contribution in [0.5, 0.6) is 0 Å². The number of fused-ring (bicyclic) bond motifs is 1. The van der Waals surface area contributed by atoms with Crippen LogP contribution in [-0.2, 0) is 10.0 Å². The summed E-state index contributed by atoms with van der Waals surface area (Å²) in [7, 11) is -3.15. The summed E-state index contributed by atoms with van der Waals surface area (Å²) < 4.78 is 25.6. The molecule has 0 bridgehead atoms. The fourth-order valence-electron chi connectivity index (χ4n) is 2.33. The van der Waals surface area contributed by atoms with E-state index in [-0.39, 0.29) is 6.54 Å². The Kier molecular flexibility index (Phi) is 7.83. The SMILES string of the molecule is CCNC(=NCC(O)c1cc2ccccc2s1)NCCCNS(C)(=O)=O. The minimum Gasteiger partial charge on any atom is -0.386 e. The summed E-state index contributed by atoms with van der Waals surface area (Å²) in [4.78, 5) is 5.31. The van der Waals surface area contributed by atoms with Crippen molar-refractivity contribution in [1.29, 1.82) is 0 Å². The average Bonchev–Trinajstić information content (AvgIpc) is 3.02. The molecule has 2 rings (SSSR count). The molecule has 0 aliphatic rings. The number of hydrogen-bond acceptors (Lipinski definition) is 5. The summed E-state index contributed by atoms with van der Waals surface area (Å²) in [6.07, 6.45) is 1.12. The number of thiophene rings is 1. The Balaban J connectivity index is 1.86. The number of sulfonamides is 1. The van der Waals surface area contributed by atoms with Gasteiger partial charge in [-0.05, 0) is 30.9 Å². The quantitative estimate of drug-likeness (QED) is 0.291. The molecule has 0 amide bonds. The van der Waals surface area contributed by atoms with Crippen LogP contribution in [0.1, 0.15) is 24.3 Å². The van der Waals surface area contributed by atoms with E-state index in [0.717, 1.165) is 21.2 Å². The van der Waals surface area contributed by atoms with E-state index < -0.39 is 16.1 Å². The first-order valence-corrected chi connectivity index (χ1v) is 11.2. The molecule has 1 aromatic carbocycles. The van der Waals surface area contributed by atoms with E-state index in [1.807, 2.05) is 37.3 Å². The van der Waals surface area contributed by atoms with Gasteiger partial charge in [0.25, 0.3) is 0 Å². The van der Waals surface area contributed by atoms with Crippen LogP contribution in [0.15, 0.2) is 35.3 Å². The third kappa shape index (κ3) is 6.91. The number of rotatable bonds is 9. The fourth-order valence-corrected chi connectivity index (χ4v) is 3.89. The van der Waals surface area contributed by atoms with Gasteiger partial charge < -0.3 is 15.7 Å². The normalized spacial score (nSPS) is 13.7. The van der Waals surface area contributed by atoms with Crippen molar-refractivity contribution in [3.05, 3.63) is 35.2 Å². The molecule has 26 heavy (non-hydrogen) atoms. The van der Waals surface area contributed by atoms with Crippen LogP contribution in [0.2, 0.25) is 0 Å². The zero-order valence-corrected chi connectivity index (χ0v) is 16.7. The van der Waals surface area contributed by atoms with Gasteiger partial charge in [-0.25, -0.2) is 13.1 Å². The molecule has 1 heterocycles. The topological polar surface area (TPSA) is 103 Å². The molecule has 0 fully saturated rings. The van der Waals surface area contributed by atoms with E-state index >= 15 is 0 Å². The van der Waals surface area contributed by atoms with Gasteiger partial charge in [-0.15, -0.1) is 11.3 Å². The summed E-state index contributed by atoms with van der Waals surface area (Å²) in [5.41, 5.74) is 0. The summed E-state index contributed by atoms with van der Waals surface area (Å²) in [5, 5.41) is 17.8. The first kappa shape index (κ1) is 20.6. The first-order chi connectivity index (χ1) is 12.4. The van der Waals surface area contributed by atoms with Gasteiger partial charge in [-0.2, -0.15) is 0 Å². The lowest BCUT2D eigenvalue weighted by atomic mass is 10.2. The van der Waals surface area contributed by atoms with Crippen LogP contribution < -0.4 is 15.4 Å². The molecular weight excluding hydrogens is 372 g/mol. The number of nitrogens with one attached hydrogen (secondary N) is 3. The maximum atomic E-state index is 11.0. The highest BCUT2D eigenvalue weighted by Crippen LogP contribution is 2.29. The number of hydrogen-bond donors (Lipinski definition) is 4. The zero-order chi connectivity index (χ0) is 19.0. The largest absolute Gasteiger partial charge is 0.386 e. The van der Waals surface area contributed by atoms with Crippen molar-refractivity contribution >= 4 is 37.4 Å². The Morgan fingerprint density at radius 3 is 2.73 bits per heavy atom. The molecule has 0 spiro atoms. The van der Waals surface area contributed by atoms with E-state index in [9.17, 15) is 13.5 Å². The average molecular weight is 399 g/mol. The summed E-state index contributed by atoms with van der Waals surface area (Å²) in [6, 6.07) is 10.0. The lowest BCUT2D eigenvalue weighted by Gasteiger charge is -2.12. The minimum absolute atomic E-state index is 0.254. The van der Waals surface area contributed by atoms with Gasteiger partial charge in [0.15, 0.2) is 5.96 Å². The van der Waals surface area contributed by atoms with Crippen molar-refractivity contribution in [3.63, 3.8) is 0 Å². The molecule has 4 N–H and O–H groups in total. The van der Waals surface area contributed by atoms with Crippen molar-refractivity contribution < 1.29 is 13.5 Å². The Labute approximate surface area is 158 Å². The molecule has 0 saturated heterocycles. The van der Waals surface area contributed by atoms with E-state index in [2.05, 4.69) is 20.3 Å². The number of aliphatic hydroxyl groups is 1. The smallest absolute Gasteiger partial charge is 0.208 e. The van der Waals surface area contributed by atoms with E-state index in [0.29, 0.717) is 32.0 Å². The minimum atomic E-state index is -3.15. The van der Waals surface area contributed by atoms with Crippen molar-refractivity contribution in [3.8, 4) is 0 Å². The third-order valence-corrected chi connectivity index (χ3v) is 5.50. The molecule has 1 aromatic heterocycles. The van der Waals surface area contributed by atoms with Crippen molar-refractivity contribution in [2.45, 2.75) is 19.4 Å². The van der Waals surface area contributed by atoms with Gasteiger partial charge >= 0.3 is 0 Å². The lowest BCUT2D eigenvalue weighted by Crippen LogP contribution is -2.39. The highest BCUT2D eigenvalue weighted by atomic mass is 32.2. The van der Waals surface area contributed by atoms with E-state index in [4.69, 9.17) is 0 Å². The molecule has 0 aliphatic carbocycles. The molecule has 9 heteroatoms. The van der Waals surface area contributed by atoms with Gasteiger partial charge in [-0.3, -0.25) is 4.99 Å². The van der Waals surface area contributed by atoms with Crippen LogP contribution >= 0.6 is 11.3 Å². The monoisotopic (exact) mass is 398 g/mol. The van der Waals surface area contributed by atoms with Gasteiger partial charge in [-0.1, -0.05) is 18.2 Å². The van der Waals surface area contributed by atoms with Crippen LogP contribution in [-0.4, -0.2) is 51.9 Å². The number of aliphatic imine (C=N–C) groups is 1. The Hall–Kier alpha value is -1.68. The van der Waals surface area contributed by atoms with Gasteiger partial charge in [0.1, 0.15) is 6.10 Å². The van der Waals surface area contributed by atoms with E-state index in [1.165, 1.54) is 0 Å². The molecule has 0 saturated carbocycles. The highest BCUT2D eigenvalue weighted by molar-refractivity contribution is 7.88. The second kappa shape index (κ2) is 9.86. The highest BCUT2D eigenvalue weighted by Gasteiger charge is 2.11. The first-order valence-electron chi connectivity index (χ1n) is 8.52. The zero-order valence-electron chi connectivity index (χ0n) is 15.0. The van der Waals surface area contributed by atoms with Crippen molar-refractivity contribution in [2.75, 3.05) is 32.4 Å². The molecule has 144 valence electrons. The predicted octanol–water partition coefficient (Wildman–Crippen LogP) is 1.43. The second-order valence-corrected chi connectivity index (χ2v) is 8.82. The van der Waals surface area contributed by atoms with Gasteiger partial charge in [0, 0.05) is 29.2 Å². The lowest BCUT2D eigenvalue weighted by molar-refractivity contribution is 0.191. The number of benzene rings is 1. The molecule has 0 radical (unpaired) electrons. The van der Waals surface area contributed by atoms with E-state index in [1.54, 1.807) is 11.3 Å². The van der Waals surface area contributed by atoms with Crippen molar-refractivity contribution in [2.24, 2.45) is 4.99 Å². The number of aliphatic hydroxyl groups excluding tert-OH is 1. The predicted molar refractivity (Wildman–Crippen MR) is 108 cm³/mol. The molecular formula is C17H26N4O3S2. The maximum absolute atomic E-state index is 11.0. The van der Waals surface area contributed by atoms with Crippen LogP contribution in [0.3, 0.4) is 0 Å². The second-order valence-electron chi connectivity index (χ2n) is 5.87. The number of guanidine groups is 1. The molecule has 1 atom stereocenters. The van der Waals surface area contributed by atoms with Gasteiger partial charge in [0.05, 0.1) is 12.8 Å². The molecule has 2 aromatic rings. The molecule has 1 unspecified atom stereocenters. The standard InChI is InChI=1S/C17H26N4O3S2/c1-3-18-17(19-9-6-10-21-26(2,23)24)20-12-14(22)16-11-13-7-4-5-8-15(13)25-16/h4-5,7-8,11,14,21-22H,3,6,9-10,12H2,1-2H3,(H2,18,19,20). The van der Waals surface area contributed by atoms with Crippen LogP contribution in [0, 0.1) is 0 Å². The third-order valence-electron chi connectivity index (χ3n) is 3.55. The fraction of sp³-hybridized carbons (Fsp3) is 0.471. The Bertz CT molecular complexity index is 800. The molecule has 7 nitrogen and oxygen atoms in total. The van der Waals surface area contributed by atoms with Crippen molar-refractivity contribution in [1.82, 2.24) is 15.4 Å². The summed E-state index contributed by atoms with van der Waals surface area (Å²) in [5.74, 6) is 0.604. The van der Waals surface area contributed by atoms with Gasteiger partial charge in [0.2, 0.25) is 10.0 Å². The summed E-state index contributed by atoms with van der Waals surface area (Å²) >= 11 is 1.57. The Morgan fingerprint density at radius 1 is 1.27 bits per heavy atom. The Morgan fingerprint density at radius 2 is 2.04 bits per heavy atom.